The molecule has 86 valence electrons. The first-order valence-corrected chi connectivity index (χ1v) is 4.95. The summed E-state index contributed by atoms with van der Waals surface area (Å²) < 4.78 is 0. The monoisotopic (exact) mass is 350 g/mol. The molecule has 0 aliphatic rings. The molecule has 1 amide bonds. The number of nitrogens with two attached hydrogens (primary N) is 1. The Morgan fingerprint density at radius 3 is 2.47 bits per heavy atom. The number of nitrogens with zero attached hydrogens (tertiary/aromatic N) is 1. The van der Waals surface area contributed by atoms with E-state index in [1.165, 1.54) is 6.92 Å². The maximum atomic E-state index is 10.8. The quantitative estimate of drug-likeness (QED) is 0.327. The second-order valence-corrected chi connectivity index (χ2v) is 3.48. The van der Waals surface area contributed by atoms with Gasteiger partial charge in [-0.3, -0.25) is 10.2 Å². The number of anilines is 1. The second kappa shape index (κ2) is 8.12. The van der Waals surface area contributed by atoms with Gasteiger partial charge in [-0.2, -0.15) is 5.10 Å². The fraction of sp³-hybridized carbons (Fsp3) is 0.100. The van der Waals surface area contributed by atoms with Crippen LogP contribution in [0.2, 0.25) is 0 Å². The Bertz CT molecular complexity index is 419. The van der Waals surface area contributed by atoms with Gasteiger partial charge in [0.15, 0.2) is 5.11 Å². The van der Waals surface area contributed by atoms with Gasteiger partial charge in [0, 0.05) is 39.9 Å². The van der Waals surface area contributed by atoms with Crippen LogP contribution in [0.25, 0.3) is 0 Å². The number of amides is 1. The Kier molecular flexibility index (Phi) is 7.63. The van der Waals surface area contributed by atoms with Crippen molar-refractivity contribution in [2.24, 2.45) is 10.8 Å². The number of hydrogen-bond acceptors (Lipinski definition) is 3. The average molecular weight is 349 g/mol. The third-order valence-corrected chi connectivity index (χ3v) is 1.71. The molecular formula is C10H12CdN4OS. The summed E-state index contributed by atoms with van der Waals surface area (Å²) in [6, 6.07) is 7.19. The smallest absolute Gasteiger partial charge is 0.221 e. The van der Waals surface area contributed by atoms with Crippen molar-refractivity contribution in [2.45, 2.75) is 6.92 Å². The molecule has 0 fully saturated rings. The molecular weight excluding hydrogens is 337 g/mol. The fourth-order valence-corrected chi connectivity index (χ4v) is 1.08. The van der Waals surface area contributed by atoms with Crippen LogP contribution in [0.5, 0.6) is 0 Å². The number of rotatable bonds is 3. The van der Waals surface area contributed by atoms with Crippen LogP contribution < -0.4 is 16.5 Å². The zero-order valence-electron chi connectivity index (χ0n) is 9.43. The first-order valence-electron chi connectivity index (χ1n) is 4.54. The van der Waals surface area contributed by atoms with Gasteiger partial charge in [0.1, 0.15) is 0 Å². The van der Waals surface area contributed by atoms with E-state index in [0.717, 1.165) is 11.3 Å². The van der Waals surface area contributed by atoms with Crippen LogP contribution in [-0.2, 0) is 32.1 Å². The molecule has 0 aromatic heterocycles. The molecule has 0 unspecified atom stereocenters. The van der Waals surface area contributed by atoms with Crippen molar-refractivity contribution < 1.29 is 32.1 Å². The number of hydrazone groups is 1. The standard InChI is InChI=1S/C10H12N4OS.Cd/c1-7(15)13-9-4-2-8(3-5-9)6-12-14-10(11)16;/h2-6H,1H3,(H,13,15)(H3,11,14,16);. The summed E-state index contributed by atoms with van der Waals surface area (Å²) in [5.41, 5.74) is 9.26. The second-order valence-electron chi connectivity index (χ2n) is 3.04. The molecule has 7 heteroatoms. The summed E-state index contributed by atoms with van der Waals surface area (Å²) >= 11 is 4.58. The van der Waals surface area contributed by atoms with Crippen molar-refractivity contribution in [1.82, 2.24) is 5.43 Å². The summed E-state index contributed by atoms with van der Waals surface area (Å²) in [6.45, 7) is 1.46. The van der Waals surface area contributed by atoms with Gasteiger partial charge >= 0.3 is 0 Å². The van der Waals surface area contributed by atoms with Crippen molar-refractivity contribution in [3.05, 3.63) is 29.8 Å². The van der Waals surface area contributed by atoms with Crippen molar-refractivity contribution in [3.8, 4) is 0 Å². The van der Waals surface area contributed by atoms with Crippen LogP contribution in [0.1, 0.15) is 12.5 Å². The van der Waals surface area contributed by atoms with Crippen molar-refractivity contribution in [2.75, 3.05) is 5.32 Å². The van der Waals surface area contributed by atoms with E-state index < -0.39 is 0 Å². The molecule has 0 aliphatic heterocycles. The molecule has 0 heterocycles. The fourth-order valence-electron chi connectivity index (χ4n) is 1.03. The molecule has 17 heavy (non-hydrogen) atoms. The molecule has 0 saturated heterocycles. The van der Waals surface area contributed by atoms with Crippen molar-refractivity contribution in [1.29, 1.82) is 0 Å². The SMILES string of the molecule is CC(=O)Nc1ccc(C=NNC(N)=S)cc1.[Cd]. The van der Waals surface area contributed by atoms with Gasteiger partial charge in [0.2, 0.25) is 5.91 Å². The number of carbonyl (C=O) groups is 1. The molecule has 1 aromatic rings. The number of carbonyl (C=O) groups excluding carboxylic acids is 1. The Labute approximate surface area is 125 Å². The summed E-state index contributed by atoms with van der Waals surface area (Å²) in [5.74, 6) is -0.100. The van der Waals surface area contributed by atoms with E-state index in [1.807, 2.05) is 12.1 Å². The van der Waals surface area contributed by atoms with Crippen LogP contribution in [0, 0.1) is 0 Å². The zero-order chi connectivity index (χ0) is 12.0. The number of benzene rings is 1. The summed E-state index contributed by atoms with van der Waals surface area (Å²) in [4.78, 5) is 10.8. The van der Waals surface area contributed by atoms with E-state index in [1.54, 1.807) is 18.3 Å². The summed E-state index contributed by atoms with van der Waals surface area (Å²) in [7, 11) is 0. The number of hydrogen-bond donors (Lipinski definition) is 3. The minimum absolute atomic E-state index is 0. The van der Waals surface area contributed by atoms with E-state index in [4.69, 9.17) is 5.73 Å². The van der Waals surface area contributed by atoms with Gasteiger partial charge in [-0.1, -0.05) is 12.1 Å². The minimum Gasteiger partial charge on any atom is -0.375 e. The predicted molar refractivity (Wildman–Crippen MR) is 68.3 cm³/mol. The molecule has 0 saturated carbocycles. The predicted octanol–water partition coefficient (Wildman–Crippen LogP) is 0.810. The third kappa shape index (κ3) is 7.00. The molecule has 0 atom stereocenters. The number of nitrogens with one attached hydrogen (secondary N) is 2. The van der Waals surface area contributed by atoms with Crippen molar-refractivity contribution in [3.63, 3.8) is 0 Å². The molecule has 0 spiro atoms. The largest absolute Gasteiger partial charge is 0.375 e. The Balaban J connectivity index is 0.00000256. The summed E-state index contributed by atoms with van der Waals surface area (Å²) in [6.07, 6.45) is 1.58. The van der Waals surface area contributed by atoms with E-state index in [9.17, 15) is 4.79 Å². The zero-order valence-corrected chi connectivity index (χ0v) is 14.3. The van der Waals surface area contributed by atoms with Gasteiger partial charge in [0.25, 0.3) is 0 Å². The molecule has 1 rings (SSSR count). The van der Waals surface area contributed by atoms with Gasteiger partial charge in [-0.15, -0.1) is 0 Å². The Morgan fingerprint density at radius 2 is 2.00 bits per heavy atom. The average Bonchev–Trinajstić information content (AvgIpc) is 2.19. The van der Waals surface area contributed by atoms with Gasteiger partial charge in [0.05, 0.1) is 6.21 Å². The molecule has 4 N–H and O–H groups in total. The van der Waals surface area contributed by atoms with Gasteiger partial charge in [-0.25, -0.2) is 0 Å². The molecule has 5 nitrogen and oxygen atoms in total. The van der Waals surface area contributed by atoms with Crippen LogP contribution in [0.4, 0.5) is 5.69 Å². The molecule has 0 radical (unpaired) electrons. The summed E-state index contributed by atoms with van der Waals surface area (Å²) in [5, 5.41) is 6.59. The van der Waals surface area contributed by atoms with Crippen LogP contribution in [-0.4, -0.2) is 17.2 Å². The first-order chi connectivity index (χ1) is 7.58. The number of thiocarbonyl (C=S) groups is 1. The van der Waals surface area contributed by atoms with Gasteiger partial charge < -0.3 is 11.1 Å². The van der Waals surface area contributed by atoms with E-state index in [-0.39, 0.29) is 38.3 Å². The molecule has 1 aromatic carbocycles. The normalized spacial score (nSPS) is 9.47. The first kappa shape index (κ1) is 16.0. The Hall–Kier alpha value is -1.03. The molecule has 0 bridgehead atoms. The van der Waals surface area contributed by atoms with Crippen LogP contribution in [0.15, 0.2) is 29.4 Å². The van der Waals surface area contributed by atoms with E-state index >= 15 is 0 Å². The Morgan fingerprint density at radius 1 is 1.41 bits per heavy atom. The third-order valence-electron chi connectivity index (χ3n) is 1.62. The van der Waals surface area contributed by atoms with Gasteiger partial charge in [-0.05, 0) is 29.9 Å². The van der Waals surface area contributed by atoms with Crippen LogP contribution >= 0.6 is 12.2 Å². The van der Waals surface area contributed by atoms with E-state index in [2.05, 4.69) is 28.1 Å². The van der Waals surface area contributed by atoms with Crippen molar-refractivity contribution >= 4 is 35.1 Å². The maximum Gasteiger partial charge on any atom is 0.221 e. The topological polar surface area (TPSA) is 79.5 Å². The van der Waals surface area contributed by atoms with Crippen LogP contribution in [0.3, 0.4) is 0 Å². The molecule has 0 aliphatic carbocycles. The maximum absolute atomic E-state index is 10.8. The van der Waals surface area contributed by atoms with E-state index in [0.29, 0.717) is 0 Å². The minimum atomic E-state index is -0.100.